The highest BCUT2D eigenvalue weighted by Gasteiger charge is 2.25. The van der Waals surface area contributed by atoms with Crippen molar-refractivity contribution in [1.29, 1.82) is 0 Å². The molecule has 184 valence electrons. The van der Waals surface area contributed by atoms with Gasteiger partial charge in [0.05, 0.1) is 5.56 Å². The summed E-state index contributed by atoms with van der Waals surface area (Å²) in [5.41, 5.74) is 8.36. The van der Waals surface area contributed by atoms with E-state index in [-0.39, 0.29) is 5.91 Å². The summed E-state index contributed by atoms with van der Waals surface area (Å²) in [4.78, 5) is 21.7. The van der Waals surface area contributed by atoms with Gasteiger partial charge in [0.15, 0.2) is 0 Å². The quantitative estimate of drug-likeness (QED) is 0.289. The molecule has 0 aliphatic heterocycles. The SMILES string of the molecule is Cc1cc(C=Nc2sc3c(c2C(=O)Nc2ccccc2)CCCC3)c(C)n1-c1ccc(N(C)C)cc1. The molecule has 4 aromatic rings. The van der Waals surface area contributed by atoms with E-state index in [2.05, 4.69) is 59.0 Å². The molecule has 2 heterocycles. The summed E-state index contributed by atoms with van der Waals surface area (Å²) < 4.78 is 2.25. The summed E-state index contributed by atoms with van der Waals surface area (Å²) in [6, 6.07) is 20.4. The van der Waals surface area contributed by atoms with Crippen molar-refractivity contribution in [3.8, 4) is 5.69 Å². The Kier molecular flexibility index (Phi) is 6.79. The van der Waals surface area contributed by atoms with Gasteiger partial charge in [0, 0.05) is 59.2 Å². The molecule has 0 spiro atoms. The molecule has 5 rings (SSSR count). The number of nitrogens with one attached hydrogen (secondary N) is 1. The zero-order chi connectivity index (χ0) is 25.2. The van der Waals surface area contributed by atoms with Crippen molar-refractivity contribution in [3.63, 3.8) is 0 Å². The van der Waals surface area contributed by atoms with Crippen LogP contribution in [0.2, 0.25) is 0 Å². The molecule has 0 fully saturated rings. The molecule has 1 aliphatic carbocycles. The normalized spacial score (nSPS) is 13.1. The van der Waals surface area contributed by atoms with Gasteiger partial charge in [-0.2, -0.15) is 0 Å². The van der Waals surface area contributed by atoms with Gasteiger partial charge in [-0.3, -0.25) is 4.79 Å². The second-order valence-corrected chi connectivity index (χ2v) is 10.6. The maximum absolute atomic E-state index is 13.4. The highest BCUT2D eigenvalue weighted by molar-refractivity contribution is 7.16. The summed E-state index contributed by atoms with van der Waals surface area (Å²) in [7, 11) is 4.10. The third-order valence-electron chi connectivity index (χ3n) is 6.83. The summed E-state index contributed by atoms with van der Waals surface area (Å²) in [6.45, 7) is 4.24. The first-order valence-corrected chi connectivity index (χ1v) is 13.3. The fourth-order valence-electron chi connectivity index (χ4n) is 4.94. The molecule has 0 radical (unpaired) electrons. The molecule has 1 aliphatic rings. The monoisotopic (exact) mass is 496 g/mol. The number of aryl methyl sites for hydroxylation is 2. The van der Waals surface area contributed by atoms with Crippen LogP contribution in [0, 0.1) is 13.8 Å². The van der Waals surface area contributed by atoms with Gasteiger partial charge < -0.3 is 14.8 Å². The number of amides is 1. The second kappa shape index (κ2) is 10.2. The van der Waals surface area contributed by atoms with Crippen LogP contribution in [0.15, 0.2) is 65.7 Å². The molecule has 2 aromatic heterocycles. The maximum atomic E-state index is 13.4. The van der Waals surface area contributed by atoms with Crippen molar-refractivity contribution in [3.05, 3.63) is 93.6 Å². The number of anilines is 2. The molecule has 0 unspecified atom stereocenters. The van der Waals surface area contributed by atoms with Crippen LogP contribution in [-0.2, 0) is 12.8 Å². The third-order valence-corrected chi connectivity index (χ3v) is 8.03. The molecule has 1 N–H and O–H groups in total. The summed E-state index contributed by atoms with van der Waals surface area (Å²) in [5.74, 6) is -0.0702. The minimum absolute atomic E-state index is 0.0702. The fraction of sp³-hybridized carbons (Fsp3) is 0.267. The van der Waals surface area contributed by atoms with E-state index in [1.54, 1.807) is 11.3 Å². The minimum atomic E-state index is -0.0702. The first-order valence-electron chi connectivity index (χ1n) is 12.4. The van der Waals surface area contributed by atoms with E-state index in [4.69, 9.17) is 4.99 Å². The highest BCUT2D eigenvalue weighted by Crippen LogP contribution is 2.40. The Bertz CT molecular complexity index is 1410. The molecule has 5 nitrogen and oxygen atoms in total. The molecule has 1 amide bonds. The van der Waals surface area contributed by atoms with Crippen molar-refractivity contribution in [2.45, 2.75) is 39.5 Å². The first-order chi connectivity index (χ1) is 17.4. The van der Waals surface area contributed by atoms with Crippen LogP contribution in [0.5, 0.6) is 0 Å². The van der Waals surface area contributed by atoms with E-state index in [0.717, 1.165) is 58.2 Å². The molecule has 2 aromatic carbocycles. The average molecular weight is 497 g/mol. The predicted molar refractivity (Wildman–Crippen MR) is 152 cm³/mol. The number of hydrogen-bond donors (Lipinski definition) is 1. The van der Waals surface area contributed by atoms with Gasteiger partial charge in [-0.25, -0.2) is 4.99 Å². The van der Waals surface area contributed by atoms with Gasteiger partial charge in [0.25, 0.3) is 5.91 Å². The largest absolute Gasteiger partial charge is 0.378 e. The Morgan fingerprint density at radius 1 is 1.03 bits per heavy atom. The Labute approximate surface area is 217 Å². The lowest BCUT2D eigenvalue weighted by Crippen LogP contribution is -2.14. The van der Waals surface area contributed by atoms with E-state index in [9.17, 15) is 4.79 Å². The van der Waals surface area contributed by atoms with Gasteiger partial charge in [0.1, 0.15) is 5.00 Å². The van der Waals surface area contributed by atoms with Crippen molar-refractivity contribution in [2.24, 2.45) is 4.99 Å². The summed E-state index contributed by atoms with van der Waals surface area (Å²) in [6.07, 6.45) is 6.18. The standard InChI is InChI=1S/C30H32N4OS/c1-20-18-22(21(2)34(20)25-16-14-24(15-17-25)33(3)4)19-31-30-28(26-12-8-9-13-27(26)36-30)29(35)32-23-10-6-5-7-11-23/h5-7,10-11,14-19H,8-9,12-13H2,1-4H3,(H,32,35). The van der Waals surface area contributed by atoms with Crippen molar-refractivity contribution >= 4 is 39.8 Å². The number of aromatic nitrogens is 1. The van der Waals surface area contributed by atoms with Gasteiger partial charge in [-0.15, -0.1) is 11.3 Å². The van der Waals surface area contributed by atoms with E-state index in [1.165, 1.54) is 22.5 Å². The smallest absolute Gasteiger partial charge is 0.259 e. The molecule has 0 saturated carbocycles. The fourth-order valence-corrected chi connectivity index (χ4v) is 6.17. The lowest BCUT2D eigenvalue weighted by atomic mass is 9.95. The van der Waals surface area contributed by atoms with Crippen LogP contribution in [0.1, 0.15) is 50.6 Å². The number of carbonyl (C=O) groups excluding carboxylic acids is 1. The van der Waals surface area contributed by atoms with E-state index in [1.807, 2.05) is 50.6 Å². The van der Waals surface area contributed by atoms with Gasteiger partial charge in [0.2, 0.25) is 0 Å². The summed E-state index contributed by atoms with van der Waals surface area (Å²) in [5, 5.41) is 3.88. The van der Waals surface area contributed by atoms with Crippen LogP contribution in [0.3, 0.4) is 0 Å². The minimum Gasteiger partial charge on any atom is -0.378 e. The highest BCUT2D eigenvalue weighted by atomic mass is 32.1. The van der Waals surface area contributed by atoms with Crippen LogP contribution in [0.4, 0.5) is 16.4 Å². The molecular weight excluding hydrogens is 464 g/mol. The number of aliphatic imine (C=N–C) groups is 1. The number of hydrogen-bond acceptors (Lipinski definition) is 4. The van der Waals surface area contributed by atoms with Gasteiger partial charge >= 0.3 is 0 Å². The van der Waals surface area contributed by atoms with E-state index in [0.29, 0.717) is 0 Å². The lowest BCUT2D eigenvalue weighted by Gasteiger charge is -2.14. The Morgan fingerprint density at radius 3 is 2.47 bits per heavy atom. The van der Waals surface area contributed by atoms with Crippen molar-refractivity contribution in [2.75, 3.05) is 24.3 Å². The third kappa shape index (κ3) is 4.73. The molecule has 0 atom stereocenters. The number of nitrogens with zero attached hydrogens (tertiary/aromatic N) is 3. The number of carbonyl (C=O) groups is 1. The van der Waals surface area contributed by atoms with E-state index >= 15 is 0 Å². The first kappa shape index (κ1) is 24.1. The Hall–Kier alpha value is -3.64. The van der Waals surface area contributed by atoms with Gasteiger partial charge in [-0.1, -0.05) is 18.2 Å². The predicted octanol–water partition coefficient (Wildman–Crippen LogP) is 7.10. The second-order valence-electron chi connectivity index (χ2n) is 9.54. The molecule has 0 saturated heterocycles. The maximum Gasteiger partial charge on any atom is 0.259 e. The van der Waals surface area contributed by atoms with Crippen LogP contribution < -0.4 is 10.2 Å². The van der Waals surface area contributed by atoms with Crippen LogP contribution >= 0.6 is 11.3 Å². The summed E-state index contributed by atoms with van der Waals surface area (Å²) >= 11 is 1.67. The zero-order valence-electron chi connectivity index (χ0n) is 21.3. The topological polar surface area (TPSA) is 49.6 Å². The van der Waals surface area contributed by atoms with Crippen molar-refractivity contribution < 1.29 is 4.79 Å². The van der Waals surface area contributed by atoms with Gasteiger partial charge in [-0.05, 0) is 87.6 Å². The number of para-hydroxylation sites is 1. The molecular formula is C30H32N4OS. The van der Waals surface area contributed by atoms with Crippen molar-refractivity contribution in [1.82, 2.24) is 4.57 Å². The van der Waals surface area contributed by atoms with Crippen LogP contribution in [-0.4, -0.2) is 30.8 Å². The van der Waals surface area contributed by atoms with E-state index < -0.39 is 0 Å². The Balaban J connectivity index is 1.47. The Morgan fingerprint density at radius 2 is 1.75 bits per heavy atom. The number of benzene rings is 2. The number of thiophene rings is 1. The number of fused-ring (bicyclic) bond motifs is 1. The molecule has 36 heavy (non-hydrogen) atoms. The number of rotatable bonds is 6. The molecule has 6 heteroatoms. The zero-order valence-corrected chi connectivity index (χ0v) is 22.2. The van der Waals surface area contributed by atoms with Crippen LogP contribution in [0.25, 0.3) is 5.69 Å². The average Bonchev–Trinajstić information content (AvgIpc) is 3.39. The molecule has 0 bridgehead atoms. The lowest BCUT2D eigenvalue weighted by molar-refractivity contribution is 0.102.